The molecule has 1 amide bonds. The van der Waals surface area contributed by atoms with E-state index in [0.717, 1.165) is 0 Å². The number of halogens is 2. The maximum Gasteiger partial charge on any atom is 0.290 e. The van der Waals surface area contributed by atoms with Gasteiger partial charge in [-0.05, 0) is 24.3 Å². The van der Waals surface area contributed by atoms with Gasteiger partial charge in [0.25, 0.3) is 11.9 Å². The first kappa shape index (κ1) is 15.7. The highest BCUT2D eigenvalue weighted by molar-refractivity contribution is 5.91. The largest absolute Gasteiger partial charge is 0.426 e. The number of ether oxygens (including phenoxy) is 1. The van der Waals surface area contributed by atoms with Crippen LogP contribution in [0.4, 0.5) is 8.78 Å². The third-order valence-corrected chi connectivity index (χ3v) is 3.22. The number of carbonyl (C=O) groups excluding carboxylic acids is 1. The van der Waals surface area contributed by atoms with Gasteiger partial charge in [0.1, 0.15) is 17.4 Å². The highest BCUT2D eigenvalue weighted by Gasteiger charge is 2.13. The highest BCUT2D eigenvalue weighted by atomic mass is 19.1. The van der Waals surface area contributed by atoms with Crippen LogP contribution in [-0.2, 0) is 6.54 Å². The lowest BCUT2D eigenvalue weighted by Crippen LogP contribution is -2.22. The van der Waals surface area contributed by atoms with Crippen LogP contribution in [0, 0.1) is 11.6 Å². The van der Waals surface area contributed by atoms with E-state index in [1.54, 1.807) is 24.3 Å². The molecule has 3 aromatic rings. The third kappa shape index (κ3) is 3.78. The van der Waals surface area contributed by atoms with Gasteiger partial charge in [-0.1, -0.05) is 24.3 Å². The van der Waals surface area contributed by atoms with Crippen molar-refractivity contribution in [3.05, 3.63) is 83.6 Å². The van der Waals surface area contributed by atoms with Crippen LogP contribution in [0.1, 0.15) is 16.1 Å². The van der Waals surface area contributed by atoms with E-state index in [9.17, 15) is 13.6 Å². The van der Waals surface area contributed by atoms with E-state index in [4.69, 9.17) is 9.15 Å². The maximum atomic E-state index is 13.5. The summed E-state index contributed by atoms with van der Waals surface area (Å²) in [6.07, 6.45) is 0. The molecule has 0 saturated carbocycles. The highest BCUT2D eigenvalue weighted by Crippen LogP contribution is 2.24. The SMILES string of the molecule is O=C(NCc1ccccc1F)c1ccc(Oc2cccc(F)c2)o1. The van der Waals surface area contributed by atoms with Crippen molar-refractivity contribution < 1.29 is 22.7 Å². The molecular weight excluding hydrogens is 316 g/mol. The molecule has 4 nitrogen and oxygen atoms in total. The molecule has 0 radical (unpaired) electrons. The fourth-order valence-corrected chi connectivity index (χ4v) is 2.05. The zero-order valence-corrected chi connectivity index (χ0v) is 12.5. The third-order valence-electron chi connectivity index (χ3n) is 3.22. The molecule has 0 saturated heterocycles. The molecule has 1 heterocycles. The van der Waals surface area contributed by atoms with Crippen molar-refractivity contribution in [2.75, 3.05) is 0 Å². The molecule has 0 aliphatic heterocycles. The fourth-order valence-electron chi connectivity index (χ4n) is 2.05. The molecule has 0 bridgehead atoms. The lowest BCUT2D eigenvalue weighted by molar-refractivity contribution is 0.0918. The van der Waals surface area contributed by atoms with Crippen LogP contribution in [0.3, 0.4) is 0 Å². The molecule has 122 valence electrons. The number of amides is 1. The second-order valence-corrected chi connectivity index (χ2v) is 4.95. The topological polar surface area (TPSA) is 51.5 Å². The van der Waals surface area contributed by atoms with Crippen molar-refractivity contribution >= 4 is 5.91 Å². The Morgan fingerprint density at radius 1 is 1.04 bits per heavy atom. The number of nitrogens with one attached hydrogen (secondary N) is 1. The molecule has 24 heavy (non-hydrogen) atoms. The van der Waals surface area contributed by atoms with E-state index in [1.807, 2.05) is 0 Å². The molecular formula is C18H13F2NO3. The zero-order valence-electron chi connectivity index (χ0n) is 12.5. The van der Waals surface area contributed by atoms with Crippen LogP contribution in [0.25, 0.3) is 0 Å². The maximum absolute atomic E-state index is 13.5. The summed E-state index contributed by atoms with van der Waals surface area (Å²) >= 11 is 0. The Kier molecular flexibility index (Phi) is 4.56. The van der Waals surface area contributed by atoms with Gasteiger partial charge in [0.15, 0.2) is 5.76 Å². The Labute approximate surface area is 136 Å². The van der Waals surface area contributed by atoms with E-state index < -0.39 is 17.5 Å². The van der Waals surface area contributed by atoms with Crippen molar-refractivity contribution in [1.29, 1.82) is 0 Å². The smallest absolute Gasteiger partial charge is 0.290 e. The van der Waals surface area contributed by atoms with Crippen molar-refractivity contribution in [3.8, 4) is 11.7 Å². The predicted molar refractivity (Wildman–Crippen MR) is 82.8 cm³/mol. The number of benzene rings is 2. The minimum atomic E-state index is -0.507. The summed E-state index contributed by atoms with van der Waals surface area (Å²) in [5.41, 5.74) is 0.369. The van der Waals surface area contributed by atoms with Crippen molar-refractivity contribution in [3.63, 3.8) is 0 Å². The van der Waals surface area contributed by atoms with Crippen LogP contribution in [-0.4, -0.2) is 5.91 Å². The summed E-state index contributed by atoms with van der Waals surface area (Å²) in [6, 6.07) is 14.6. The number of furan rings is 1. The Hall–Kier alpha value is -3.15. The van der Waals surface area contributed by atoms with E-state index >= 15 is 0 Å². The number of rotatable bonds is 5. The molecule has 1 N–H and O–H groups in total. The molecule has 0 atom stereocenters. The summed E-state index contributed by atoms with van der Waals surface area (Å²) in [5, 5.41) is 2.55. The zero-order chi connectivity index (χ0) is 16.9. The normalized spacial score (nSPS) is 10.4. The van der Waals surface area contributed by atoms with E-state index in [2.05, 4.69) is 5.32 Å². The molecule has 0 spiro atoms. The van der Waals surface area contributed by atoms with Crippen LogP contribution in [0.15, 0.2) is 65.1 Å². The number of hydrogen-bond donors (Lipinski definition) is 1. The minimum Gasteiger partial charge on any atom is -0.426 e. The molecule has 1 aromatic heterocycles. The van der Waals surface area contributed by atoms with Crippen LogP contribution in [0.2, 0.25) is 0 Å². The summed E-state index contributed by atoms with van der Waals surface area (Å²) in [5.74, 6) is -1.03. The van der Waals surface area contributed by atoms with Gasteiger partial charge in [0.05, 0.1) is 0 Å². The standard InChI is InChI=1S/C18H13F2NO3/c19-13-5-3-6-14(10-13)23-17-9-8-16(24-17)18(22)21-11-12-4-1-2-7-15(12)20/h1-10H,11H2,(H,21,22). The van der Waals surface area contributed by atoms with Crippen LogP contribution in [0.5, 0.6) is 11.7 Å². The summed E-state index contributed by atoms with van der Waals surface area (Å²) in [7, 11) is 0. The first-order valence-corrected chi connectivity index (χ1v) is 7.17. The van der Waals surface area contributed by atoms with Gasteiger partial charge in [-0.2, -0.15) is 0 Å². The Bertz CT molecular complexity index is 861. The van der Waals surface area contributed by atoms with Gasteiger partial charge in [-0.25, -0.2) is 8.78 Å². The Morgan fingerprint density at radius 3 is 2.67 bits per heavy atom. The molecule has 3 rings (SSSR count). The van der Waals surface area contributed by atoms with Gasteiger partial charge in [-0.3, -0.25) is 4.79 Å². The lowest BCUT2D eigenvalue weighted by atomic mass is 10.2. The van der Waals surface area contributed by atoms with Crippen molar-refractivity contribution in [1.82, 2.24) is 5.32 Å². The Balaban J connectivity index is 1.62. The van der Waals surface area contributed by atoms with Gasteiger partial charge >= 0.3 is 0 Å². The average Bonchev–Trinajstić information content (AvgIpc) is 3.02. The first-order valence-electron chi connectivity index (χ1n) is 7.17. The molecule has 0 aliphatic rings. The summed E-state index contributed by atoms with van der Waals surface area (Å²) < 4.78 is 37.2. The van der Waals surface area contributed by atoms with Gasteiger partial charge in [0.2, 0.25) is 0 Å². The summed E-state index contributed by atoms with van der Waals surface area (Å²) in [6.45, 7) is 0.0340. The minimum absolute atomic E-state index is 0.0118. The monoisotopic (exact) mass is 329 g/mol. The van der Waals surface area contributed by atoms with E-state index in [0.29, 0.717) is 5.56 Å². The quantitative estimate of drug-likeness (QED) is 0.760. The molecule has 0 aliphatic carbocycles. The van der Waals surface area contributed by atoms with Crippen molar-refractivity contribution in [2.45, 2.75) is 6.54 Å². The van der Waals surface area contributed by atoms with Gasteiger partial charge < -0.3 is 14.5 Å². The van der Waals surface area contributed by atoms with Gasteiger partial charge in [-0.15, -0.1) is 0 Å². The lowest BCUT2D eigenvalue weighted by Gasteiger charge is -2.04. The number of hydrogen-bond acceptors (Lipinski definition) is 3. The fraction of sp³-hybridized carbons (Fsp3) is 0.0556. The van der Waals surface area contributed by atoms with Gasteiger partial charge in [0, 0.05) is 24.2 Å². The second-order valence-electron chi connectivity index (χ2n) is 4.95. The average molecular weight is 329 g/mol. The summed E-state index contributed by atoms with van der Waals surface area (Å²) in [4.78, 5) is 12.0. The molecule has 2 aromatic carbocycles. The second kappa shape index (κ2) is 6.95. The van der Waals surface area contributed by atoms with E-state index in [1.165, 1.54) is 36.4 Å². The first-order chi connectivity index (χ1) is 11.6. The van der Waals surface area contributed by atoms with E-state index in [-0.39, 0.29) is 24.0 Å². The molecule has 0 unspecified atom stereocenters. The Morgan fingerprint density at radius 2 is 1.88 bits per heavy atom. The predicted octanol–water partition coefficient (Wildman–Crippen LogP) is 4.28. The number of carbonyl (C=O) groups is 1. The van der Waals surface area contributed by atoms with Crippen LogP contribution >= 0.6 is 0 Å². The molecule has 6 heteroatoms. The van der Waals surface area contributed by atoms with Crippen LogP contribution < -0.4 is 10.1 Å². The molecule has 0 fully saturated rings. The van der Waals surface area contributed by atoms with Crippen molar-refractivity contribution in [2.24, 2.45) is 0 Å².